The topological polar surface area (TPSA) is 27.9 Å². The van der Waals surface area contributed by atoms with Crippen LogP contribution in [0.3, 0.4) is 0 Å². The highest BCUT2D eigenvalue weighted by Gasteiger charge is 2.23. The van der Waals surface area contributed by atoms with E-state index in [9.17, 15) is 0 Å². The van der Waals surface area contributed by atoms with Gasteiger partial charge in [-0.05, 0) is 113 Å². The quantitative estimate of drug-likeness (QED) is 0.170. The Labute approximate surface area is 367 Å². The van der Waals surface area contributed by atoms with Crippen LogP contribution in [0.25, 0.3) is 127 Å². The Kier molecular flexibility index (Phi) is 7.36. The van der Waals surface area contributed by atoms with Gasteiger partial charge in [-0.3, -0.25) is 0 Å². The van der Waals surface area contributed by atoms with Crippen molar-refractivity contribution in [3.8, 4) is 39.3 Å². The normalized spacial score (nSPS) is 12.1. The summed E-state index contributed by atoms with van der Waals surface area (Å²) in [6.45, 7) is 0. The summed E-state index contributed by atoms with van der Waals surface area (Å²) in [4.78, 5) is 0. The molecule has 4 heteroatoms. The summed E-state index contributed by atoms with van der Waals surface area (Å²) >= 11 is 0. The average molecular weight is 816 g/mol. The van der Waals surface area contributed by atoms with Crippen LogP contribution in [0.1, 0.15) is 0 Å². The van der Waals surface area contributed by atoms with Crippen LogP contribution in [0.15, 0.2) is 229 Å². The average Bonchev–Trinajstić information content (AvgIpc) is 4.10. The number of hydrogen-bond donors (Lipinski definition) is 0. The standard InChI is InChI=1S/C60H37N3O/c1-3-16-38(17-4-1)47-36-50-43-21-8-12-26-53(43)63(41-31-33-59-51(35-41)44-22-10-14-29-58(44)64-59)57(50)37-48(47)45-24-15-28-56-60(45)46-23-9-13-27-54(46)62(56)40-30-32-55-49(34-40)42-20-7-11-25-52(42)61(55)39-18-5-2-6-19-39/h1-37H. The smallest absolute Gasteiger partial charge is 0.135 e. The summed E-state index contributed by atoms with van der Waals surface area (Å²) in [7, 11) is 0. The van der Waals surface area contributed by atoms with Crippen LogP contribution < -0.4 is 0 Å². The molecule has 14 rings (SSSR count). The Hall–Kier alpha value is -8.60. The fraction of sp³-hybridized carbons (Fsp3) is 0. The fourth-order valence-corrected chi connectivity index (χ4v) is 10.7. The first-order valence-electron chi connectivity index (χ1n) is 21.9. The number of rotatable bonds is 5. The number of hydrogen-bond acceptors (Lipinski definition) is 1. The summed E-state index contributed by atoms with van der Waals surface area (Å²) in [5.41, 5.74) is 17.0. The van der Waals surface area contributed by atoms with Crippen molar-refractivity contribution >= 4 is 87.4 Å². The van der Waals surface area contributed by atoms with Crippen LogP contribution in [0.4, 0.5) is 0 Å². The minimum absolute atomic E-state index is 0.891. The lowest BCUT2D eigenvalue weighted by molar-refractivity contribution is 0.669. The van der Waals surface area contributed by atoms with Crippen LogP contribution in [-0.4, -0.2) is 13.7 Å². The molecule has 0 spiro atoms. The van der Waals surface area contributed by atoms with E-state index in [2.05, 4.69) is 226 Å². The van der Waals surface area contributed by atoms with Crippen molar-refractivity contribution in [2.75, 3.05) is 0 Å². The van der Waals surface area contributed by atoms with E-state index in [1.807, 2.05) is 12.1 Å². The molecule has 0 saturated carbocycles. The second-order valence-corrected chi connectivity index (χ2v) is 16.9. The van der Waals surface area contributed by atoms with Gasteiger partial charge < -0.3 is 18.1 Å². The molecule has 0 atom stereocenters. The van der Waals surface area contributed by atoms with E-state index in [4.69, 9.17) is 4.42 Å². The highest BCUT2D eigenvalue weighted by atomic mass is 16.3. The molecule has 0 aliphatic rings. The Morgan fingerprint density at radius 3 is 1.52 bits per heavy atom. The van der Waals surface area contributed by atoms with Gasteiger partial charge in [-0.2, -0.15) is 0 Å². The third kappa shape index (κ3) is 4.99. The fourth-order valence-electron chi connectivity index (χ4n) is 10.7. The van der Waals surface area contributed by atoms with Crippen molar-refractivity contribution in [2.45, 2.75) is 0 Å². The number of aromatic nitrogens is 3. The molecule has 0 amide bonds. The van der Waals surface area contributed by atoms with Crippen LogP contribution in [0.2, 0.25) is 0 Å². The van der Waals surface area contributed by atoms with Crippen molar-refractivity contribution in [1.82, 2.24) is 13.7 Å². The molecular formula is C60H37N3O. The molecule has 10 aromatic carbocycles. The molecule has 0 saturated heterocycles. The predicted octanol–water partition coefficient (Wildman–Crippen LogP) is 16.2. The zero-order chi connectivity index (χ0) is 41.9. The Balaban J connectivity index is 1.05. The van der Waals surface area contributed by atoms with Gasteiger partial charge in [0.05, 0.1) is 33.1 Å². The highest BCUT2D eigenvalue weighted by molar-refractivity contribution is 6.20. The molecule has 64 heavy (non-hydrogen) atoms. The molecule has 0 radical (unpaired) electrons. The molecule has 0 fully saturated rings. The van der Waals surface area contributed by atoms with Gasteiger partial charge in [0.15, 0.2) is 0 Å². The highest BCUT2D eigenvalue weighted by Crippen LogP contribution is 2.46. The van der Waals surface area contributed by atoms with E-state index in [-0.39, 0.29) is 0 Å². The van der Waals surface area contributed by atoms with Gasteiger partial charge >= 0.3 is 0 Å². The maximum atomic E-state index is 6.30. The first-order valence-corrected chi connectivity index (χ1v) is 21.9. The number of fused-ring (bicyclic) bond motifs is 12. The minimum Gasteiger partial charge on any atom is -0.456 e. The lowest BCUT2D eigenvalue weighted by Crippen LogP contribution is -1.96. The molecule has 0 unspecified atom stereocenters. The van der Waals surface area contributed by atoms with Gasteiger partial charge in [-0.25, -0.2) is 0 Å². The summed E-state index contributed by atoms with van der Waals surface area (Å²) < 4.78 is 13.6. The number of furan rings is 1. The molecule has 0 aliphatic heterocycles. The molecule has 298 valence electrons. The predicted molar refractivity (Wildman–Crippen MR) is 268 cm³/mol. The monoisotopic (exact) mass is 815 g/mol. The van der Waals surface area contributed by atoms with Crippen LogP contribution >= 0.6 is 0 Å². The maximum Gasteiger partial charge on any atom is 0.135 e. The van der Waals surface area contributed by atoms with E-state index in [0.717, 1.165) is 44.5 Å². The van der Waals surface area contributed by atoms with Crippen LogP contribution in [0, 0.1) is 0 Å². The van der Waals surface area contributed by atoms with Gasteiger partial charge in [0.1, 0.15) is 11.2 Å². The third-order valence-corrected chi connectivity index (χ3v) is 13.4. The molecule has 14 aromatic rings. The maximum absolute atomic E-state index is 6.30. The second kappa shape index (κ2) is 13.4. The van der Waals surface area contributed by atoms with E-state index < -0.39 is 0 Å². The van der Waals surface area contributed by atoms with Crippen molar-refractivity contribution < 1.29 is 4.42 Å². The zero-order valence-corrected chi connectivity index (χ0v) is 34.6. The summed E-state index contributed by atoms with van der Waals surface area (Å²) in [5.74, 6) is 0. The summed E-state index contributed by atoms with van der Waals surface area (Å²) in [5, 5.41) is 9.58. The molecule has 0 aliphatic carbocycles. The first-order chi connectivity index (χ1) is 31.8. The third-order valence-electron chi connectivity index (χ3n) is 13.4. The van der Waals surface area contributed by atoms with Gasteiger partial charge in [0.2, 0.25) is 0 Å². The first kappa shape index (κ1) is 35.0. The molecule has 4 aromatic heterocycles. The largest absolute Gasteiger partial charge is 0.456 e. The van der Waals surface area contributed by atoms with Crippen molar-refractivity contribution in [3.63, 3.8) is 0 Å². The Morgan fingerprint density at radius 1 is 0.250 bits per heavy atom. The van der Waals surface area contributed by atoms with Crippen LogP contribution in [0.5, 0.6) is 0 Å². The van der Waals surface area contributed by atoms with Crippen molar-refractivity contribution in [1.29, 1.82) is 0 Å². The van der Waals surface area contributed by atoms with Gasteiger partial charge in [0, 0.05) is 60.2 Å². The van der Waals surface area contributed by atoms with Crippen molar-refractivity contribution in [3.05, 3.63) is 224 Å². The van der Waals surface area contributed by atoms with Gasteiger partial charge in [0.25, 0.3) is 0 Å². The number of nitrogens with zero attached hydrogens (tertiary/aromatic N) is 3. The molecular weight excluding hydrogens is 779 g/mol. The Morgan fingerprint density at radius 2 is 0.766 bits per heavy atom. The zero-order valence-electron chi connectivity index (χ0n) is 34.6. The molecule has 4 heterocycles. The van der Waals surface area contributed by atoms with Crippen LogP contribution in [-0.2, 0) is 0 Å². The number of benzene rings is 10. The van der Waals surface area contributed by atoms with E-state index in [0.29, 0.717) is 0 Å². The SMILES string of the molecule is c1ccc(-c2cc3c4ccccc4n(-c4ccc5oc6ccccc6c5c4)c3cc2-c2cccc3c2c2ccccc2n3-c2ccc3c(c2)c2ccccc2n3-c2ccccc2)cc1. The second-order valence-electron chi connectivity index (χ2n) is 16.9. The van der Waals surface area contributed by atoms with E-state index in [1.165, 1.54) is 82.2 Å². The molecule has 0 N–H and O–H groups in total. The van der Waals surface area contributed by atoms with Gasteiger partial charge in [-0.1, -0.05) is 133 Å². The van der Waals surface area contributed by atoms with E-state index in [1.54, 1.807) is 0 Å². The van der Waals surface area contributed by atoms with E-state index >= 15 is 0 Å². The Bertz CT molecular complexity index is 4180. The molecule has 4 nitrogen and oxygen atoms in total. The lowest BCUT2D eigenvalue weighted by atomic mass is 9.90. The molecule has 0 bridgehead atoms. The summed E-state index contributed by atoms with van der Waals surface area (Å²) in [6, 6.07) is 81.7. The number of para-hydroxylation sites is 5. The lowest BCUT2D eigenvalue weighted by Gasteiger charge is -2.15. The van der Waals surface area contributed by atoms with Crippen molar-refractivity contribution in [2.24, 2.45) is 0 Å². The summed E-state index contributed by atoms with van der Waals surface area (Å²) in [6.07, 6.45) is 0. The minimum atomic E-state index is 0.891. The van der Waals surface area contributed by atoms with Gasteiger partial charge in [-0.15, -0.1) is 0 Å².